The highest BCUT2D eigenvalue weighted by Gasteiger charge is 2.44. The number of nitrogens with two attached hydrogens (primary N) is 1. The Hall–Kier alpha value is -1.10. The molecule has 1 unspecified atom stereocenters. The number of ether oxygens (including phenoxy) is 2. The Balaban J connectivity index is 1.40. The van der Waals surface area contributed by atoms with Crippen LogP contribution in [0.5, 0.6) is 0 Å². The lowest BCUT2D eigenvalue weighted by Crippen LogP contribution is -2.38. The molecule has 4 rings (SSSR count). The molecule has 2 fully saturated rings. The lowest BCUT2D eigenvalue weighted by molar-refractivity contribution is -0.163. The Bertz CT molecular complexity index is 526. The second kappa shape index (κ2) is 5.27. The number of nitrogens with zero attached hydrogens (tertiary/aromatic N) is 1. The number of hydrogen-bond donors (Lipinski definition) is 1. The highest BCUT2D eigenvalue weighted by molar-refractivity contribution is 5.51. The number of hydrogen-bond acceptors (Lipinski definition) is 4. The summed E-state index contributed by atoms with van der Waals surface area (Å²) in [6.07, 6.45) is 5.91. The molecule has 2 heterocycles. The van der Waals surface area contributed by atoms with Gasteiger partial charge in [-0.25, -0.2) is 0 Å². The minimum atomic E-state index is -0.239. The fourth-order valence-corrected chi connectivity index (χ4v) is 3.99. The van der Waals surface area contributed by atoms with Gasteiger partial charge in [-0.3, -0.25) is 4.90 Å². The lowest BCUT2D eigenvalue weighted by Gasteiger charge is -2.31. The van der Waals surface area contributed by atoms with Crippen molar-refractivity contribution in [3.63, 3.8) is 0 Å². The third kappa shape index (κ3) is 2.56. The molecule has 1 atom stereocenters. The van der Waals surface area contributed by atoms with Crippen LogP contribution in [0.4, 0.5) is 5.69 Å². The van der Waals surface area contributed by atoms with Gasteiger partial charge in [0.1, 0.15) is 0 Å². The maximum absolute atomic E-state index is 6.24. The zero-order valence-electron chi connectivity index (χ0n) is 12.5. The molecule has 1 aromatic rings. The van der Waals surface area contributed by atoms with E-state index in [0.717, 1.165) is 51.2 Å². The molecule has 0 amide bonds. The van der Waals surface area contributed by atoms with Crippen molar-refractivity contribution in [3.8, 4) is 0 Å². The molecule has 0 aromatic heterocycles. The molecule has 0 radical (unpaired) electrons. The number of rotatable bonds is 2. The first-order chi connectivity index (χ1) is 10.2. The largest absolute Gasteiger partial charge is 0.398 e. The van der Waals surface area contributed by atoms with Crippen LogP contribution in [0.2, 0.25) is 0 Å². The van der Waals surface area contributed by atoms with Crippen LogP contribution in [0.15, 0.2) is 18.2 Å². The van der Waals surface area contributed by atoms with Gasteiger partial charge in [-0.2, -0.15) is 0 Å². The average Bonchev–Trinajstić information content (AvgIpc) is 3.11. The van der Waals surface area contributed by atoms with Crippen molar-refractivity contribution < 1.29 is 9.47 Å². The van der Waals surface area contributed by atoms with Crippen LogP contribution in [-0.2, 0) is 22.4 Å². The molecule has 2 N–H and O–H groups in total. The van der Waals surface area contributed by atoms with Gasteiger partial charge in [-0.05, 0) is 36.5 Å². The normalized spacial score (nSPS) is 28.1. The Morgan fingerprint density at radius 2 is 2.14 bits per heavy atom. The van der Waals surface area contributed by atoms with E-state index in [9.17, 15) is 0 Å². The first-order valence-electron chi connectivity index (χ1n) is 8.14. The molecule has 0 bridgehead atoms. The van der Waals surface area contributed by atoms with E-state index in [-0.39, 0.29) is 11.9 Å². The third-order valence-electron chi connectivity index (χ3n) is 5.13. The van der Waals surface area contributed by atoms with E-state index >= 15 is 0 Å². The minimum Gasteiger partial charge on any atom is -0.398 e. The SMILES string of the molecule is Nc1cccc2c1CN(CC1COC3(CCCC3)O1)CC2. The molecule has 4 heteroatoms. The first kappa shape index (κ1) is 13.6. The van der Waals surface area contributed by atoms with E-state index in [4.69, 9.17) is 15.2 Å². The van der Waals surface area contributed by atoms with Crippen molar-refractivity contribution in [2.45, 2.75) is 50.5 Å². The van der Waals surface area contributed by atoms with Gasteiger partial charge in [-0.15, -0.1) is 0 Å². The minimum absolute atomic E-state index is 0.217. The molecular formula is C17H24N2O2. The molecule has 21 heavy (non-hydrogen) atoms. The summed E-state index contributed by atoms with van der Waals surface area (Å²) >= 11 is 0. The molecule has 114 valence electrons. The fraction of sp³-hybridized carbons (Fsp3) is 0.647. The van der Waals surface area contributed by atoms with E-state index in [1.54, 1.807) is 0 Å². The van der Waals surface area contributed by atoms with Crippen molar-refractivity contribution >= 4 is 5.69 Å². The number of fused-ring (bicyclic) bond motifs is 1. The summed E-state index contributed by atoms with van der Waals surface area (Å²) < 4.78 is 12.2. The second-order valence-corrected chi connectivity index (χ2v) is 6.64. The molecule has 1 spiro atoms. The zero-order valence-corrected chi connectivity index (χ0v) is 12.5. The quantitative estimate of drug-likeness (QED) is 0.848. The van der Waals surface area contributed by atoms with Crippen molar-refractivity contribution in [3.05, 3.63) is 29.3 Å². The van der Waals surface area contributed by atoms with Crippen LogP contribution in [0.25, 0.3) is 0 Å². The smallest absolute Gasteiger partial charge is 0.168 e. The summed E-state index contributed by atoms with van der Waals surface area (Å²) in [4.78, 5) is 2.46. The van der Waals surface area contributed by atoms with Gasteiger partial charge in [0.2, 0.25) is 0 Å². The van der Waals surface area contributed by atoms with E-state index in [1.165, 1.54) is 24.0 Å². The van der Waals surface area contributed by atoms with Crippen molar-refractivity contribution in [1.82, 2.24) is 4.90 Å². The average molecular weight is 288 g/mol. The maximum atomic E-state index is 6.24. The number of anilines is 1. The molecule has 2 aliphatic heterocycles. The number of nitrogen functional groups attached to an aromatic ring is 1. The highest BCUT2D eigenvalue weighted by atomic mass is 16.7. The van der Waals surface area contributed by atoms with Crippen LogP contribution in [0.1, 0.15) is 36.8 Å². The second-order valence-electron chi connectivity index (χ2n) is 6.64. The van der Waals surface area contributed by atoms with Crippen molar-refractivity contribution in [2.24, 2.45) is 0 Å². The van der Waals surface area contributed by atoms with Crippen LogP contribution in [0.3, 0.4) is 0 Å². The molecule has 1 aliphatic carbocycles. The highest BCUT2D eigenvalue weighted by Crippen LogP contribution is 2.39. The summed E-state index contributed by atoms with van der Waals surface area (Å²) in [7, 11) is 0. The van der Waals surface area contributed by atoms with Crippen LogP contribution >= 0.6 is 0 Å². The number of benzene rings is 1. The molecule has 1 saturated carbocycles. The summed E-state index contributed by atoms with van der Waals surface area (Å²) in [5.41, 5.74) is 9.76. The van der Waals surface area contributed by atoms with Gasteiger partial charge in [-0.1, -0.05) is 12.1 Å². The summed E-state index contributed by atoms with van der Waals surface area (Å²) in [6.45, 7) is 3.72. The van der Waals surface area contributed by atoms with Crippen molar-refractivity contribution in [1.29, 1.82) is 0 Å². The predicted molar refractivity (Wildman–Crippen MR) is 81.9 cm³/mol. The Morgan fingerprint density at radius 1 is 1.29 bits per heavy atom. The van der Waals surface area contributed by atoms with Crippen molar-refractivity contribution in [2.75, 3.05) is 25.4 Å². The van der Waals surface area contributed by atoms with E-state index in [1.807, 2.05) is 6.07 Å². The van der Waals surface area contributed by atoms with E-state index < -0.39 is 0 Å². The van der Waals surface area contributed by atoms with Crippen LogP contribution < -0.4 is 5.73 Å². The molecular weight excluding hydrogens is 264 g/mol. The van der Waals surface area contributed by atoms with Crippen LogP contribution in [0, 0.1) is 0 Å². The van der Waals surface area contributed by atoms with Gasteiger partial charge in [0, 0.05) is 38.2 Å². The molecule has 1 saturated heterocycles. The van der Waals surface area contributed by atoms with Gasteiger partial charge in [0.25, 0.3) is 0 Å². The van der Waals surface area contributed by atoms with E-state index in [0.29, 0.717) is 0 Å². The monoisotopic (exact) mass is 288 g/mol. The van der Waals surface area contributed by atoms with Gasteiger partial charge in [0.05, 0.1) is 12.7 Å². The predicted octanol–water partition coefficient (Wildman–Crippen LogP) is 2.31. The lowest BCUT2D eigenvalue weighted by atomic mass is 9.98. The summed E-state index contributed by atoms with van der Waals surface area (Å²) in [6, 6.07) is 6.26. The molecule has 3 aliphatic rings. The van der Waals surface area contributed by atoms with Gasteiger partial charge < -0.3 is 15.2 Å². The maximum Gasteiger partial charge on any atom is 0.168 e. The Morgan fingerprint density at radius 3 is 3.00 bits per heavy atom. The topological polar surface area (TPSA) is 47.7 Å². The van der Waals surface area contributed by atoms with Gasteiger partial charge >= 0.3 is 0 Å². The van der Waals surface area contributed by atoms with Crippen LogP contribution in [-0.4, -0.2) is 36.5 Å². The third-order valence-corrected chi connectivity index (χ3v) is 5.13. The summed E-state index contributed by atoms with van der Waals surface area (Å²) in [5, 5.41) is 0. The fourth-order valence-electron chi connectivity index (χ4n) is 3.99. The Labute approximate surface area is 126 Å². The first-order valence-corrected chi connectivity index (χ1v) is 8.14. The summed E-state index contributed by atoms with van der Waals surface area (Å²) in [5.74, 6) is -0.239. The van der Waals surface area contributed by atoms with Gasteiger partial charge in [0.15, 0.2) is 5.79 Å². The Kier molecular flexibility index (Phi) is 3.40. The molecule has 4 nitrogen and oxygen atoms in total. The zero-order chi connectivity index (χ0) is 14.3. The van der Waals surface area contributed by atoms with E-state index in [2.05, 4.69) is 17.0 Å². The standard InChI is InChI=1S/C17H24N2O2/c18-16-5-3-4-13-6-9-19(11-15(13)16)10-14-12-20-17(21-14)7-1-2-8-17/h3-5,14H,1-2,6-12,18H2. The molecule has 1 aromatic carbocycles.